The van der Waals surface area contributed by atoms with Crippen LogP contribution in [0, 0.1) is 24.1 Å². The molecule has 0 atom stereocenters. The summed E-state index contributed by atoms with van der Waals surface area (Å²) in [6.45, 7) is 1.78. The minimum Gasteiger partial charge on any atom is -0.206 e. The van der Waals surface area contributed by atoms with Gasteiger partial charge in [0.1, 0.15) is 11.9 Å². The molecule has 0 heterocycles. The molecule has 0 spiro atoms. The van der Waals surface area contributed by atoms with Gasteiger partial charge in [0.05, 0.1) is 5.56 Å². The minimum atomic E-state index is -0.511. The Balaban J connectivity index is 3.35. The summed E-state index contributed by atoms with van der Waals surface area (Å²) in [6.07, 6.45) is 0. The van der Waals surface area contributed by atoms with Crippen molar-refractivity contribution >= 4 is 12.6 Å². The van der Waals surface area contributed by atoms with Gasteiger partial charge >= 0.3 is 0 Å². The van der Waals surface area contributed by atoms with E-state index < -0.39 is 5.82 Å². The topological polar surface area (TPSA) is 23.8 Å². The van der Waals surface area contributed by atoms with Crippen molar-refractivity contribution in [3.63, 3.8) is 0 Å². The average molecular weight is 167 g/mol. The summed E-state index contributed by atoms with van der Waals surface area (Å²) in [5.74, 6) is -0.511. The second-order valence-corrected chi connectivity index (χ2v) is 2.71. The number of hydrogen-bond acceptors (Lipinski definition) is 2. The normalized spacial score (nSPS) is 9.27. The maximum atomic E-state index is 12.8. The zero-order chi connectivity index (χ0) is 8.43. The van der Waals surface area contributed by atoms with Crippen molar-refractivity contribution in [1.82, 2.24) is 0 Å². The van der Waals surface area contributed by atoms with Gasteiger partial charge in [0, 0.05) is 4.90 Å². The van der Waals surface area contributed by atoms with Gasteiger partial charge in [0.25, 0.3) is 0 Å². The monoisotopic (exact) mass is 167 g/mol. The Morgan fingerprint density at radius 2 is 2.18 bits per heavy atom. The van der Waals surface area contributed by atoms with E-state index in [1.165, 1.54) is 12.1 Å². The van der Waals surface area contributed by atoms with Gasteiger partial charge in [-0.2, -0.15) is 5.26 Å². The van der Waals surface area contributed by atoms with Crippen LogP contribution in [0.1, 0.15) is 11.1 Å². The fourth-order valence-electron chi connectivity index (χ4n) is 0.757. The number of hydrogen-bond donors (Lipinski definition) is 1. The smallest absolute Gasteiger partial charge is 0.142 e. The van der Waals surface area contributed by atoms with Crippen molar-refractivity contribution in [1.29, 1.82) is 5.26 Å². The first-order chi connectivity index (χ1) is 5.15. The van der Waals surface area contributed by atoms with Crippen molar-refractivity contribution < 1.29 is 4.39 Å². The van der Waals surface area contributed by atoms with Crippen LogP contribution in [0.25, 0.3) is 0 Å². The SMILES string of the molecule is Cc1cc(C#N)c(F)cc1S. The highest BCUT2D eigenvalue weighted by Crippen LogP contribution is 2.17. The van der Waals surface area contributed by atoms with E-state index in [-0.39, 0.29) is 5.56 Å². The number of nitriles is 1. The molecule has 0 N–H and O–H groups in total. The molecule has 1 aromatic carbocycles. The first-order valence-corrected chi connectivity index (χ1v) is 3.49. The van der Waals surface area contributed by atoms with Crippen molar-refractivity contribution in [2.75, 3.05) is 0 Å². The number of aryl methyl sites for hydroxylation is 1. The second-order valence-electron chi connectivity index (χ2n) is 2.23. The van der Waals surface area contributed by atoms with E-state index in [0.29, 0.717) is 4.90 Å². The molecule has 11 heavy (non-hydrogen) atoms. The Morgan fingerprint density at radius 3 is 2.73 bits per heavy atom. The lowest BCUT2D eigenvalue weighted by Crippen LogP contribution is -1.86. The summed E-state index contributed by atoms with van der Waals surface area (Å²) in [7, 11) is 0. The average Bonchev–Trinajstić information content (AvgIpc) is 1.97. The fourth-order valence-corrected chi connectivity index (χ4v) is 0.935. The van der Waals surface area contributed by atoms with Crippen LogP contribution < -0.4 is 0 Å². The van der Waals surface area contributed by atoms with Gasteiger partial charge in [-0.1, -0.05) is 0 Å². The lowest BCUT2D eigenvalue weighted by Gasteiger charge is -1.98. The predicted molar refractivity (Wildman–Crippen MR) is 43.1 cm³/mol. The first-order valence-electron chi connectivity index (χ1n) is 3.04. The number of benzene rings is 1. The highest BCUT2D eigenvalue weighted by molar-refractivity contribution is 7.80. The quantitative estimate of drug-likeness (QED) is 0.589. The van der Waals surface area contributed by atoms with E-state index >= 15 is 0 Å². The molecule has 0 saturated carbocycles. The molecule has 0 aliphatic carbocycles. The minimum absolute atomic E-state index is 0.0697. The Labute approximate surface area is 69.9 Å². The Morgan fingerprint density at radius 1 is 1.55 bits per heavy atom. The third kappa shape index (κ3) is 1.52. The van der Waals surface area contributed by atoms with Crippen LogP contribution in [0.3, 0.4) is 0 Å². The summed E-state index contributed by atoms with van der Waals surface area (Å²) in [6, 6.07) is 4.49. The summed E-state index contributed by atoms with van der Waals surface area (Å²) < 4.78 is 12.8. The second kappa shape index (κ2) is 2.93. The Hall–Kier alpha value is -1.01. The van der Waals surface area contributed by atoms with Crippen LogP contribution in [0.15, 0.2) is 17.0 Å². The Kier molecular flexibility index (Phi) is 2.16. The summed E-state index contributed by atoms with van der Waals surface area (Å²) >= 11 is 4.00. The molecule has 3 heteroatoms. The molecule has 0 saturated heterocycles. The van der Waals surface area contributed by atoms with Gasteiger partial charge in [0.15, 0.2) is 0 Å². The van der Waals surface area contributed by atoms with E-state index in [4.69, 9.17) is 5.26 Å². The van der Waals surface area contributed by atoms with E-state index in [1.807, 2.05) is 0 Å². The molecular formula is C8H6FNS. The van der Waals surface area contributed by atoms with Crippen molar-refractivity contribution in [3.8, 4) is 6.07 Å². The molecule has 0 amide bonds. The third-order valence-electron chi connectivity index (χ3n) is 1.41. The largest absolute Gasteiger partial charge is 0.206 e. The predicted octanol–water partition coefficient (Wildman–Crippen LogP) is 2.29. The molecule has 0 fully saturated rings. The molecule has 0 aromatic heterocycles. The molecule has 1 aromatic rings. The molecule has 0 radical (unpaired) electrons. The summed E-state index contributed by atoms with van der Waals surface area (Å²) in [5, 5.41) is 8.42. The first kappa shape index (κ1) is 8.09. The van der Waals surface area contributed by atoms with Crippen molar-refractivity contribution in [3.05, 3.63) is 29.1 Å². The number of thiol groups is 1. The molecule has 1 rings (SSSR count). The maximum Gasteiger partial charge on any atom is 0.142 e. The van der Waals surface area contributed by atoms with Crippen LogP contribution in [0.4, 0.5) is 4.39 Å². The maximum absolute atomic E-state index is 12.8. The van der Waals surface area contributed by atoms with Gasteiger partial charge in [-0.15, -0.1) is 12.6 Å². The zero-order valence-electron chi connectivity index (χ0n) is 5.93. The molecular weight excluding hydrogens is 161 g/mol. The highest BCUT2D eigenvalue weighted by atomic mass is 32.1. The molecule has 0 aliphatic rings. The lowest BCUT2D eigenvalue weighted by molar-refractivity contribution is 0.619. The van der Waals surface area contributed by atoms with Crippen molar-refractivity contribution in [2.45, 2.75) is 11.8 Å². The lowest BCUT2D eigenvalue weighted by atomic mass is 10.1. The molecule has 1 nitrogen and oxygen atoms in total. The summed E-state index contributed by atoms with van der Waals surface area (Å²) in [5.41, 5.74) is 0.881. The van der Waals surface area contributed by atoms with Crippen LogP contribution in [-0.2, 0) is 0 Å². The van der Waals surface area contributed by atoms with E-state index in [0.717, 1.165) is 5.56 Å². The Bertz CT molecular complexity index is 328. The van der Waals surface area contributed by atoms with Gasteiger partial charge in [0.2, 0.25) is 0 Å². The van der Waals surface area contributed by atoms with Gasteiger partial charge < -0.3 is 0 Å². The van der Waals surface area contributed by atoms with Crippen LogP contribution in [0.2, 0.25) is 0 Å². The van der Waals surface area contributed by atoms with Crippen LogP contribution in [0.5, 0.6) is 0 Å². The van der Waals surface area contributed by atoms with Crippen molar-refractivity contribution in [2.24, 2.45) is 0 Å². The fraction of sp³-hybridized carbons (Fsp3) is 0.125. The van der Waals surface area contributed by atoms with Gasteiger partial charge in [-0.3, -0.25) is 0 Å². The van der Waals surface area contributed by atoms with Crippen LogP contribution >= 0.6 is 12.6 Å². The third-order valence-corrected chi connectivity index (χ3v) is 1.89. The molecule has 0 bridgehead atoms. The molecule has 56 valence electrons. The van der Waals surface area contributed by atoms with E-state index in [2.05, 4.69) is 12.6 Å². The number of nitrogens with zero attached hydrogens (tertiary/aromatic N) is 1. The summed E-state index contributed by atoms with van der Waals surface area (Å²) in [4.78, 5) is 0.571. The molecule has 0 aliphatic heterocycles. The highest BCUT2D eigenvalue weighted by Gasteiger charge is 2.03. The molecule has 0 unspecified atom stereocenters. The van der Waals surface area contributed by atoms with E-state index in [1.54, 1.807) is 13.0 Å². The number of rotatable bonds is 0. The van der Waals surface area contributed by atoms with Crippen LogP contribution in [-0.4, -0.2) is 0 Å². The van der Waals surface area contributed by atoms with E-state index in [9.17, 15) is 4.39 Å². The van der Waals surface area contributed by atoms with Gasteiger partial charge in [-0.25, -0.2) is 4.39 Å². The number of halogens is 1. The standard InChI is InChI=1S/C8H6FNS/c1-5-2-6(4-10)7(9)3-8(5)11/h2-3,11H,1H3. The van der Waals surface area contributed by atoms with Gasteiger partial charge in [-0.05, 0) is 24.6 Å². The zero-order valence-corrected chi connectivity index (χ0v) is 6.82.